The van der Waals surface area contributed by atoms with Gasteiger partial charge in [0.25, 0.3) is 5.91 Å². The van der Waals surface area contributed by atoms with Crippen LogP contribution in [-0.2, 0) is 11.3 Å². The molecule has 1 N–H and O–H groups in total. The summed E-state index contributed by atoms with van der Waals surface area (Å²) in [7, 11) is 0. The Balaban J connectivity index is 1.90. The number of rotatable bonds is 5. The fourth-order valence-electron chi connectivity index (χ4n) is 3.18. The molecule has 0 radical (unpaired) electrons. The number of carbonyl (C=O) groups is 2. The Hall–Kier alpha value is -2.69. The van der Waals surface area contributed by atoms with E-state index in [1.807, 2.05) is 32.0 Å². The second-order valence-corrected chi connectivity index (χ2v) is 6.58. The smallest absolute Gasteiger partial charge is 0.255 e. The summed E-state index contributed by atoms with van der Waals surface area (Å²) < 4.78 is 13.3. The van der Waals surface area contributed by atoms with Crippen molar-refractivity contribution < 1.29 is 14.0 Å². The first-order chi connectivity index (χ1) is 12.0. The highest BCUT2D eigenvalue weighted by Gasteiger charge is 2.34. The van der Waals surface area contributed by atoms with Gasteiger partial charge in [-0.25, -0.2) is 4.39 Å². The van der Waals surface area contributed by atoms with Crippen molar-refractivity contribution in [2.24, 2.45) is 0 Å². The van der Waals surface area contributed by atoms with Gasteiger partial charge in [0.05, 0.1) is 12.5 Å². The minimum absolute atomic E-state index is 0.0212. The SMILES string of the molecule is CC(C)NC(=O)C[C@@H](c1ccc(F)cc1)N1Cc2ccccc2C1=O. The number of nitrogens with zero attached hydrogens (tertiary/aromatic N) is 1. The summed E-state index contributed by atoms with van der Waals surface area (Å²) in [6, 6.07) is 13.0. The van der Waals surface area contributed by atoms with E-state index in [2.05, 4.69) is 5.32 Å². The monoisotopic (exact) mass is 340 g/mol. The van der Waals surface area contributed by atoms with Gasteiger partial charge < -0.3 is 10.2 Å². The zero-order chi connectivity index (χ0) is 18.0. The van der Waals surface area contributed by atoms with Crippen LogP contribution in [0, 0.1) is 5.82 Å². The maximum Gasteiger partial charge on any atom is 0.255 e. The quantitative estimate of drug-likeness (QED) is 0.906. The third-order valence-corrected chi connectivity index (χ3v) is 4.31. The Morgan fingerprint density at radius 3 is 2.48 bits per heavy atom. The van der Waals surface area contributed by atoms with Crippen molar-refractivity contribution in [3.05, 3.63) is 71.0 Å². The van der Waals surface area contributed by atoms with Gasteiger partial charge in [-0.15, -0.1) is 0 Å². The number of hydrogen-bond acceptors (Lipinski definition) is 2. The van der Waals surface area contributed by atoms with E-state index in [4.69, 9.17) is 0 Å². The first kappa shape index (κ1) is 17.1. The van der Waals surface area contributed by atoms with Gasteiger partial charge in [-0.2, -0.15) is 0 Å². The number of nitrogens with one attached hydrogen (secondary N) is 1. The Labute approximate surface area is 146 Å². The van der Waals surface area contributed by atoms with Crippen LogP contribution in [0.15, 0.2) is 48.5 Å². The van der Waals surface area contributed by atoms with Crippen molar-refractivity contribution in [2.45, 2.75) is 38.9 Å². The molecule has 1 atom stereocenters. The number of halogens is 1. The van der Waals surface area contributed by atoms with E-state index in [1.165, 1.54) is 12.1 Å². The Bertz CT molecular complexity index is 787. The zero-order valence-corrected chi connectivity index (χ0v) is 14.3. The van der Waals surface area contributed by atoms with E-state index in [1.54, 1.807) is 23.1 Å². The summed E-state index contributed by atoms with van der Waals surface area (Å²) >= 11 is 0. The molecule has 0 saturated heterocycles. The van der Waals surface area contributed by atoms with Crippen molar-refractivity contribution in [1.29, 1.82) is 0 Å². The molecule has 0 spiro atoms. The normalized spacial score (nSPS) is 14.6. The predicted molar refractivity (Wildman–Crippen MR) is 93.4 cm³/mol. The molecule has 2 aromatic rings. The molecular weight excluding hydrogens is 319 g/mol. The van der Waals surface area contributed by atoms with Gasteiger partial charge in [0.1, 0.15) is 5.82 Å². The molecule has 1 aliphatic rings. The van der Waals surface area contributed by atoms with Crippen LogP contribution >= 0.6 is 0 Å². The van der Waals surface area contributed by atoms with Crippen LogP contribution in [0.25, 0.3) is 0 Å². The molecule has 1 heterocycles. The van der Waals surface area contributed by atoms with Crippen molar-refractivity contribution in [1.82, 2.24) is 10.2 Å². The van der Waals surface area contributed by atoms with Crippen LogP contribution in [-0.4, -0.2) is 22.8 Å². The average molecular weight is 340 g/mol. The molecule has 2 amide bonds. The van der Waals surface area contributed by atoms with Crippen LogP contribution < -0.4 is 5.32 Å². The molecule has 25 heavy (non-hydrogen) atoms. The van der Waals surface area contributed by atoms with Crippen LogP contribution in [0.4, 0.5) is 4.39 Å². The summed E-state index contributed by atoms with van der Waals surface area (Å²) in [5, 5.41) is 2.86. The Morgan fingerprint density at radius 2 is 1.84 bits per heavy atom. The molecule has 0 aromatic heterocycles. The molecule has 3 rings (SSSR count). The fourth-order valence-corrected chi connectivity index (χ4v) is 3.18. The summed E-state index contributed by atoms with van der Waals surface area (Å²) in [6.07, 6.45) is 0.142. The van der Waals surface area contributed by atoms with Crippen molar-refractivity contribution in [2.75, 3.05) is 0 Å². The van der Waals surface area contributed by atoms with Gasteiger partial charge >= 0.3 is 0 Å². The first-order valence-corrected chi connectivity index (χ1v) is 8.39. The molecule has 130 valence electrons. The highest BCUT2D eigenvalue weighted by Crippen LogP contribution is 2.33. The first-order valence-electron chi connectivity index (χ1n) is 8.39. The van der Waals surface area contributed by atoms with E-state index in [9.17, 15) is 14.0 Å². The Morgan fingerprint density at radius 1 is 1.16 bits per heavy atom. The van der Waals surface area contributed by atoms with E-state index < -0.39 is 6.04 Å². The molecule has 1 aliphatic heterocycles. The van der Waals surface area contributed by atoms with Gasteiger partial charge in [0.15, 0.2) is 0 Å². The van der Waals surface area contributed by atoms with E-state index in [-0.39, 0.29) is 30.1 Å². The second-order valence-electron chi connectivity index (χ2n) is 6.58. The van der Waals surface area contributed by atoms with Crippen molar-refractivity contribution >= 4 is 11.8 Å². The molecule has 4 nitrogen and oxygen atoms in total. The number of hydrogen-bond donors (Lipinski definition) is 1. The molecule has 0 bridgehead atoms. The number of carbonyl (C=O) groups excluding carboxylic acids is 2. The van der Waals surface area contributed by atoms with Gasteiger partial charge in [-0.05, 0) is 43.2 Å². The number of amides is 2. The maximum atomic E-state index is 13.3. The summed E-state index contributed by atoms with van der Waals surface area (Å²) in [6.45, 7) is 4.23. The lowest BCUT2D eigenvalue weighted by atomic mass is 10.0. The number of benzene rings is 2. The summed E-state index contributed by atoms with van der Waals surface area (Å²) in [5.41, 5.74) is 2.37. The van der Waals surface area contributed by atoms with Gasteiger partial charge in [-0.3, -0.25) is 9.59 Å². The second kappa shape index (κ2) is 7.05. The molecule has 0 fully saturated rings. The summed E-state index contributed by atoms with van der Waals surface area (Å²) in [5.74, 6) is -0.569. The highest BCUT2D eigenvalue weighted by molar-refractivity contribution is 5.98. The third kappa shape index (κ3) is 3.71. The molecule has 0 aliphatic carbocycles. The molecule has 0 saturated carbocycles. The predicted octanol–water partition coefficient (Wildman–Crippen LogP) is 3.44. The molecule has 0 unspecified atom stereocenters. The van der Waals surface area contributed by atoms with E-state index in [0.29, 0.717) is 12.1 Å². The average Bonchev–Trinajstić information content (AvgIpc) is 2.90. The van der Waals surface area contributed by atoms with Crippen LogP contribution in [0.3, 0.4) is 0 Å². The minimum atomic E-state index is -0.431. The minimum Gasteiger partial charge on any atom is -0.354 e. The van der Waals surface area contributed by atoms with Gasteiger partial charge in [0.2, 0.25) is 5.91 Å². The Kier molecular flexibility index (Phi) is 4.83. The largest absolute Gasteiger partial charge is 0.354 e. The van der Waals surface area contributed by atoms with Crippen LogP contribution in [0.1, 0.15) is 47.8 Å². The van der Waals surface area contributed by atoms with E-state index >= 15 is 0 Å². The highest BCUT2D eigenvalue weighted by atomic mass is 19.1. The third-order valence-electron chi connectivity index (χ3n) is 4.31. The van der Waals surface area contributed by atoms with E-state index in [0.717, 1.165) is 11.1 Å². The zero-order valence-electron chi connectivity index (χ0n) is 14.3. The fraction of sp³-hybridized carbons (Fsp3) is 0.300. The van der Waals surface area contributed by atoms with Gasteiger partial charge in [-0.1, -0.05) is 30.3 Å². The standard InChI is InChI=1S/C20H21FN2O2/c1-13(2)22-19(24)11-18(14-7-9-16(21)10-8-14)23-12-15-5-3-4-6-17(15)20(23)25/h3-10,13,18H,11-12H2,1-2H3,(H,22,24)/t18-/m0/s1. The topological polar surface area (TPSA) is 49.4 Å². The molecular formula is C20H21FN2O2. The maximum absolute atomic E-state index is 13.3. The van der Waals surface area contributed by atoms with Crippen molar-refractivity contribution in [3.63, 3.8) is 0 Å². The summed E-state index contributed by atoms with van der Waals surface area (Å²) in [4.78, 5) is 26.8. The lowest BCUT2D eigenvalue weighted by Gasteiger charge is -2.28. The molecule has 2 aromatic carbocycles. The lowest BCUT2D eigenvalue weighted by molar-refractivity contribution is -0.122. The van der Waals surface area contributed by atoms with Crippen molar-refractivity contribution in [3.8, 4) is 0 Å². The number of fused-ring (bicyclic) bond motifs is 1. The molecule has 5 heteroatoms. The van der Waals surface area contributed by atoms with Crippen LogP contribution in [0.2, 0.25) is 0 Å². The van der Waals surface area contributed by atoms with Crippen LogP contribution in [0.5, 0.6) is 0 Å². The lowest BCUT2D eigenvalue weighted by Crippen LogP contribution is -2.36. The van der Waals surface area contributed by atoms with Gasteiger partial charge in [0, 0.05) is 18.2 Å².